The summed E-state index contributed by atoms with van der Waals surface area (Å²) in [5.41, 5.74) is 1.77. The first-order valence-corrected chi connectivity index (χ1v) is 6.39. The summed E-state index contributed by atoms with van der Waals surface area (Å²) in [5.74, 6) is -0.866. The Morgan fingerprint density at radius 3 is 2.33 bits per heavy atom. The lowest BCUT2D eigenvalue weighted by Crippen LogP contribution is -1.94. The molecule has 1 aromatic heterocycles. The summed E-state index contributed by atoms with van der Waals surface area (Å²) in [6, 6.07) is 17.5. The summed E-state index contributed by atoms with van der Waals surface area (Å²) in [6.45, 7) is 0. The maximum Gasteiger partial charge on any atom is 0.346 e. The van der Waals surface area contributed by atoms with Gasteiger partial charge in [-0.25, -0.2) is 4.79 Å². The van der Waals surface area contributed by atoms with E-state index in [1.807, 2.05) is 54.6 Å². The molecule has 3 heteroatoms. The predicted octanol–water partition coefficient (Wildman–Crippen LogP) is 4.27. The standard InChI is InChI=1S/C15H10O2S/c16-15(17)14-13(10-6-2-1-3-7-10)11-8-4-5-9-12(11)18-14/h1-9H,(H,16,17). The molecule has 3 rings (SSSR count). The van der Waals surface area contributed by atoms with E-state index in [1.165, 1.54) is 11.3 Å². The molecule has 1 heterocycles. The normalized spacial score (nSPS) is 10.7. The second kappa shape index (κ2) is 4.27. The van der Waals surface area contributed by atoms with Crippen LogP contribution in [0.15, 0.2) is 54.6 Å². The molecule has 18 heavy (non-hydrogen) atoms. The molecule has 3 aromatic rings. The molecular formula is C15H10O2S. The first-order chi connectivity index (χ1) is 8.77. The number of carboxylic acid groups (broad SMARTS) is 1. The Labute approximate surface area is 108 Å². The van der Waals surface area contributed by atoms with Crippen molar-refractivity contribution in [3.8, 4) is 11.1 Å². The van der Waals surface area contributed by atoms with Crippen LogP contribution in [0, 0.1) is 0 Å². The van der Waals surface area contributed by atoms with Crippen LogP contribution in [0.25, 0.3) is 21.2 Å². The molecule has 0 unspecified atom stereocenters. The van der Waals surface area contributed by atoms with Gasteiger partial charge in [-0.05, 0) is 11.6 Å². The number of carbonyl (C=O) groups is 1. The fourth-order valence-electron chi connectivity index (χ4n) is 2.09. The number of fused-ring (bicyclic) bond motifs is 1. The monoisotopic (exact) mass is 254 g/mol. The van der Waals surface area contributed by atoms with E-state index in [1.54, 1.807) is 0 Å². The fourth-order valence-corrected chi connectivity index (χ4v) is 3.15. The Kier molecular flexibility index (Phi) is 2.61. The van der Waals surface area contributed by atoms with Gasteiger partial charge in [-0.1, -0.05) is 48.5 Å². The Bertz CT molecular complexity index is 714. The molecule has 0 aliphatic carbocycles. The quantitative estimate of drug-likeness (QED) is 0.741. The molecule has 0 fully saturated rings. The van der Waals surface area contributed by atoms with E-state index in [2.05, 4.69) is 0 Å². The van der Waals surface area contributed by atoms with E-state index in [-0.39, 0.29) is 0 Å². The largest absolute Gasteiger partial charge is 0.477 e. The highest BCUT2D eigenvalue weighted by molar-refractivity contribution is 7.21. The van der Waals surface area contributed by atoms with Crippen molar-refractivity contribution in [3.63, 3.8) is 0 Å². The van der Waals surface area contributed by atoms with Crippen molar-refractivity contribution >= 4 is 27.4 Å². The lowest BCUT2D eigenvalue weighted by Gasteiger charge is -2.01. The maximum absolute atomic E-state index is 11.4. The zero-order valence-electron chi connectivity index (χ0n) is 9.46. The van der Waals surface area contributed by atoms with E-state index in [0.29, 0.717) is 4.88 Å². The predicted molar refractivity (Wildman–Crippen MR) is 74.2 cm³/mol. The average Bonchev–Trinajstić information content (AvgIpc) is 2.79. The average molecular weight is 254 g/mol. The lowest BCUT2D eigenvalue weighted by molar-refractivity contribution is 0.0703. The van der Waals surface area contributed by atoms with Crippen molar-refractivity contribution < 1.29 is 9.90 Å². The third-order valence-electron chi connectivity index (χ3n) is 2.85. The van der Waals surface area contributed by atoms with E-state index in [4.69, 9.17) is 0 Å². The lowest BCUT2D eigenvalue weighted by atomic mass is 10.0. The Morgan fingerprint density at radius 2 is 1.61 bits per heavy atom. The van der Waals surface area contributed by atoms with Crippen LogP contribution in [-0.4, -0.2) is 11.1 Å². The van der Waals surface area contributed by atoms with Crippen molar-refractivity contribution in [2.75, 3.05) is 0 Å². The van der Waals surface area contributed by atoms with Crippen molar-refractivity contribution in [1.29, 1.82) is 0 Å². The van der Waals surface area contributed by atoms with Crippen LogP contribution < -0.4 is 0 Å². The van der Waals surface area contributed by atoms with Crippen molar-refractivity contribution in [3.05, 3.63) is 59.5 Å². The number of benzene rings is 2. The molecule has 1 N–H and O–H groups in total. The minimum atomic E-state index is -0.866. The van der Waals surface area contributed by atoms with Gasteiger partial charge in [0.25, 0.3) is 0 Å². The molecular weight excluding hydrogens is 244 g/mol. The Balaban J connectivity index is 2.38. The smallest absolute Gasteiger partial charge is 0.346 e. The molecule has 0 atom stereocenters. The summed E-state index contributed by atoms with van der Waals surface area (Å²) in [7, 11) is 0. The minimum absolute atomic E-state index is 0.405. The number of thiophene rings is 1. The van der Waals surface area contributed by atoms with Gasteiger partial charge in [0.2, 0.25) is 0 Å². The second-order valence-corrected chi connectivity index (χ2v) is 5.03. The molecule has 0 radical (unpaired) electrons. The van der Waals surface area contributed by atoms with Crippen LogP contribution in [0.2, 0.25) is 0 Å². The van der Waals surface area contributed by atoms with Crippen LogP contribution in [0.3, 0.4) is 0 Å². The molecule has 2 aromatic carbocycles. The number of hydrogen-bond donors (Lipinski definition) is 1. The molecule has 0 bridgehead atoms. The summed E-state index contributed by atoms with van der Waals surface area (Å²) >= 11 is 1.33. The number of hydrogen-bond acceptors (Lipinski definition) is 2. The SMILES string of the molecule is O=C(O)c1sc2ccccc2c1-c1ccccc1. The van der Waals surface area contributed by atoms with Gasteiger partial charge in [-0.2, -0.15) is 0 Å². The topological polar surface area (TPSA) is 37.3 Å². The second-order valence-electron chi connectivity index (χ2n) is 3.97. The molecule has 2 nitrogen and oxygen atoms in total. The Morgan fingerprint density at radius 1 is 0.944 bits per heavy atom. The van der Waals surface area contributed by atoms with Crippen molar-refractivity contribution in [1.82, 2.24) is 0 Å². The van der Waals surface area contributed by atoms with E-state index in [0.717, 1.165) is 21.2 Å². The summed E-state index contributed by atoms with van der Waals surface area (Å²) in [5, 5.41) is 10.3. The van der Waals surface area contributed by atoms with E-state index >= 15 is 0 Å². The molecule has 0 spiro atoms. The molecule has 0 amide bonds. The Hall–Kier alpha value is -2.13. The summed E-state index contributed by atoms with van der Waals surface area (Å²) < 4.78 is 1.01. The van der Waals surface area contributed by atoms with Gasteiger partial charge in [-0.3, -0.25) is 0 Å². The summed E-state index contributed by atoms with van der Waals surface area (Å²) in [4.78, 5) is 11.8. The van der Waals surface area contributed by atoms with E-state index in [9.17, 15) is 9.90 Å². The first-order valence-electron chi connectivity index (χ1n) is 5.57. The van der Waals surface area contributed by atoms with Crippen LogP contribution >= 0.6 is 11.3 Å². The third-order valence-corrected chi connectivity index (χ3v) is 4.01. The molecule has 0 saturated carbocycles. The van der Waals surface area contributed by atoms with Crippen LogP contribution in [0.5, 0.6) is 0 Å². The van der Waals surface area contributed by atoms with E-state index < -0.39 is 5.97 Å². The van der Waals surface area contributed by atoms with Crippen LogP contribution in [0.4, 0.5) is 0 Å². The highest BCUT2D eigenvalue weighted by Crippen LogP contribution is 2.38. The van der Waals surface area contributed by atoms with Crippen LogP contribution in [0.1, 0.15) is 9.67 Å². The first kappa shape index (κ1) is 11.0. The highest BCUT2D eigenvalue weighted by Gasteiger charge is 2.18. The molecule has 88 valence electrons. The van der Waals surface area contributed by atoms with Gasteiger partial charge in [-0.15, -0.1) is 11.3 Å². The number of aromatic carboxylic acids is 1. The van der Waals surface area contributed by atoms with Gasteiger partial charge in [0, 0.05) is 15.6 Å². The van der Waals surface area contributed by atoms with Crippen molar-refractivity contribution in [2.45, 2.75) is 0 Å². The van der Waals surface area contributed by atoms with Gasteiger partial charge in [0.05, 0.1) is 0 Å². The fraction of sp³-hybridized carbons (Fsp3) is 0. The zero-order valence-corrected chi connectivity index (χ0v) is 10.3. The number of rotatable bonds is 2. The van der Waals surface area contributed by atoms with Crippen LogP contribution in [-0.2, 0) is 0 Å². The van der Waals surface area contributed by atoms with Gasteiger partial charge in [0.15, 0.2) is 0 Å². The zero-order chi connectivity index (χ0) is 12.5. The number of carboxylic acids is 1. The van der Waals surface area contributed by atoms with Gasteiger partial charge >= 0.3 is 5.97 Å². The molecule has 0 aliphatic heterocycles. The third kappa shape index (κ3) is 1.69. The molecule has 0 saturated heterocycles. The van der Waals surface area contributed by atoms with Crippen molar-refractivity contribution in [2.24, 2.45) is 0 Å². The van der Waals surface area contributed by atoms with Gasteiger partial charge < -0.3 is 5.11 Å². The molecule has 0 aliphatic rings. The van der Waals surface area contributed by atoms with Gasteiger partial charge in [0.1, 0.15) is 4.88 Å². The maximum atomic E-state index is 11.4. The summed E-state index contributed by atoms with van der Waals surface area (Å²) in [6.07, 6.45) is 0. The minimum Gasteiger partial charge on any atom is -0.477 e. The highest BCUT2D eigenvalue weighted by atomic mass is 32.1.